The fraction of sp³-hybridized carbons (Fsp3) is 0.321. The lowest BCUT2D eigenvalue weighted by Crippen LogP contribution is -2.40. The number of hydrogen-bond acceptors (Lipinski definition) is 4. The molecule has 0 spiro atoms. The zero-order valence-electron chi connectivity index (χ0n) is 20.2. The second-order valence-electron chi connectivity index (χ2n) is 8.71. The molecule has 1 aliphatic heterocycles. The first-order valence-electron chi connectivity index (χ1n) is 11.7. The van der Waals surface area contributed by atoms with E-state index in [9.17, 15) is 18.0 Å². The van der Waals surface area contributed by atoms with Crippen LogP contribution in [0.3, 0.4) is 0 Å². The molecule has 3 aromatic carbocycles. The normalized spacial score (nSPS) is 18.8. The van der Waals surface area contributed by atoms with Crippen LogP contribution >= 0.6 is 0 Å². The van der Waals surface area contributed by atoms with Gasteiger partial charge in [-0.2, -0.15) is 13.2 Å². The highest BCUT2D eigenvalue weighted by Gasteiger charge is 2.41. The third kappa shape index (κ3) is 5.55. The minimum atomic E-state index is -4.45. The summed E-state index contributed by atoms with van der Waals surface area (Å²) in [7, 11) is 2.95. The Morgan fingerprint density at radius 1 is 1.03 bits per heavy atom. The Balaban J connectivity index is 1.60. The van der Waals surface area contributed by atoms with E-state index in [-0.39, 0.29) is 24.5 Å². The molecule has 1 N–H and O–H groups in total. The number of carbonyl (C=O) groups is 1. The Morgan fingerprint density at radius 2 is 1.69 bits per heavy atom. The van der Waals surface area contributed by atoms with Gasteiger partial charge in [0, 0.05) is 31.8 Å². The third-order valence-corrected chi connectivity index (χ3v) is 6.55. The average molecular weight is 499 g/mol. The average Bonchev–Trinajstić information content (AvgIpc) is 3.32. The topological polar surface area (TPSA) is 50.8 Å². The van der Waals surface area contributed by atoms with E-state index in [1.807, 2.05) is 60.7 Å². The fourth-order valence-corrected chi connectivity index (χ4v) is 4.81. The first-order valence-corrected chi connectivity index (χ1v) is 11.7. The lowest BCUT2D eigenvalue weighted by atomic mass is 9.98. The summed E-state index contributed by atoms with van der Waals surface area (Å²) in [6, 6.07) is 21.9. The van der Waals surface area contributed by atoms with Crippen LogP contribution in [-0.2, 0) is 22.3 Å². The molecule has 1 heterocycles. The Labute approximate surface area is 208 Å². The number of amides is 1. The highest BCUT2D eigenvalue weighted by atomic mass is 19.4. The number of ether oxygens (including phenoxy) is 2. The second-order valence-corrected chi connectivity index (χ2v) is 8.71. The molecule has 36 heavy (non-hydrogen) atoms. The molecule has 1 aliphatic rings. The molecule has 190 valence electrons. The van der Waals surface area contributed by atoms with Crippen molar-refractivity contribution in [3.8, 4) is 5.75 Å². The van der Waals surface area contributed by atoms with Gasteiger partial charge >= 0.3 is 6.18 Å². The minimum Gasteiger partial charge on any atom is -0.496 e. The Hall–Kier alpha value is -3.36. The predicted octanol–water partition coefficient (Wildman–Crippen LogP) is 5.53. The molecule has 1 amide bonds. The van der Waals surface area contributed by atoms with Crippen molar-refractivity contribution in [2.24, 2.45) is 0 Å². The van der Waals surface area contributed by atoms with Crippen LogP contribution in [0.2, 0.25) is 0 Å². The molecule has 2 unspecified atom stereocenters. The van der Waals surface area contributed by atoms with E-state index in [0.29, 0.717) is 24.3 Å². The minimum absolute atomic E-state index is 0.154. The van der Waals surface area contributed by atoms with E-state index in [4.69, 9.17) is 9.47 Å². The molecule has 0 bridgehead atoms. The predicted molar refractivity (Wildman–Crippen MR) is 130 cm³/mol. The maximum absolute atomic E-state index is 13.7. The summed E-state index contributed by atoms with van der Waals surface area (Å²) in [6.07, 6.45) is -4.56. The van der Waals surface area contributed by atoms with Crippen LogP contribution in [0.4, 0.5) is 13.2 Å². The van der Waals surface area contributed by atoms with Gasteiger partial charge < -0.3 is 19.7 Å². The van der Waals surface area contributed by atoms with Crippen molar-refractivity contribution in [3.63, 3.8) is 0 Å². The molecule has 1 fully saturated rings. The van der Waals surface area contributed by atoms with E-state index in [1.54, 1.807) is 4.90 Å². The van der Waals surface area contributed by atoms with Crippen molar-refractivity contribution in [3.05, 3.63) is 101 Å². The molecule has 0 aromatic heterocycles. The van der Waals surface area contributed by atoms with Gasteiger partial charge in [0.25, 0.3) is 5.91 Å². The Kier molecular flexibility index (Phi) is 7.96. The summed E-state index contributed by atoms with van der Waals surface area (Å²) in [5, 5.41) is 3.40. The number of hydrogen-bond donors (Lipinski definition) is 1. The smallest absolute Gasteiger partial charge is 0.416 e. The van der Waals surface area contributed by atoms with Crippen LogP contribution in [0.1, 0.15) is 40.8 Å². The second kappa shape index (κ2) is 11.1. The highest BCUT2D eigenvalue weighted by Crippen LogP contribution is 2.37. The van der Waals surface area contributed by atoms with Crippen molar-refractivity contribution in [1.82, 2.24) is 10.2 Å². The van der Waals surface area contributed by atoms with E-state index in [2.05, 4.69) is 5.32 Å². The largest absolute Gasteiger partial charge is 0.496 e. The lowest BCUT2D eigenvalue weighted by Gasteiger charge is -2.32. The van der Waals surface area contributed by atoms with Crippen LogP contribution in [0.5, 0.6) is 5.75 Å². The van der Waals surface area contributed by atoms with Gasteiger partial charge in [-0.25, -0.2) is 0 Å². The monoisotopic (exact) mass is 498 g/mol. The van der Waals surface area contributed by atoms with Gasteiger partial charge in [-0.05, 0) is 35.7 Å². The molecule has 1 saturated heterocycles. The van der Waals surface area contributed by atoms with Gasteiger partial charge in [-0.3, -0.25) is 4.79 Å². The van der Waals surface area contributed by atoms with Crippen LogP contribution in [0.25, 0.3) is 0 Å². The molecular formula is C28H29F3N2O3. The van der Waals surface area contributed by atoms with Gasteiger partial charge in [-0.15, -0.1) is 0 Å². The summed E-state index contributed by atoms with van der Waals surface area (Å²) in [4.78, 5) is 15.5. The number of alkyl halides is 3. The number of halogens is 3. The van der Waals surface area contributed by atoms with Crippen molar-refractivity contribution in [2.75, 3.05) is 20.8 Å². The fourth-order valence-electron chi connectivity index (χ4n) is 4.81. The maximum atomic E-state index is 13.7. The van der Waals surface area contributed by atoms with Crippen molar-refractivity contribution >= 4 is 5.91 Å². The van der Waals surface area contributed by atoms with Crippen LogP contribution in [0, 0.1) is 0 Å². The number of likely N-dealkylation sites (tertiary alicyclic amines) is 1. The highest BCUT2D eigenvalue weighted by molar-refractivity contribution is 5.83. The van der Waals surface area contributed by atoms with Gasteiger partial charge in [0.15, 0.2) is 6.10 Å². The van der Waals surface area contributed by atoms with Crippen molar-refractivity contribution in [2.45, 2.75) is 37.3 Å². The van der Waals surface area contributed by atoms with Crippen molar-refractivity contribution in [1.29, 1.82) is 0 Å². The lowest BCUT2D eigenvalue weighted by molar-refractivity contribution is -0.143. The SMILES string of the molecule is COc1ccc(C(F)(F)F)cc1CNC1CCN(C(=O)[C@H](OC)c2ccccc2)C1c1ccccc1. The number of benzene rings is 3. The molecule has 3 aromatic rings. The standard InChI is InChI=1S/C28H29F3N2O3/c1-35-24-14-13-22(28(29,30)31)17-21(24)18-32-23-15-16-33(25(23)19-9-5-3-6-10-19)27(34)26(36-2)20-11-7-4-8-12-20/h3-14,17,23,25-26,32H,15-16,18H2,1-2H3/t23?,25?,26-/m1/s1. The van der Waals surface area contributed by atoms with Gasteiger partial charge in [0.05, 0.1) is 18.7 Å². The maximum Gasteiger partial charge on any atom is 0.416 e. The third-order valence-electron chi connectivity index (χ3n) is 6.55. The molecular weight excluding hydrogens is 469 g/mol. The summed E-state index contributed by atoms with van der Waals surface area (Å²) in [5.41, 5.74) is 1.39. The summed E-state index contributed by atoms with van der Waals surface area (Å²) < 4.78 is 50.8. The number of rotatable bonds is 8. The summed E-state index contributed by atoms with van der Waals surface area (Å²) in [6.45, 7) is 0.651. The molecule has 0 aliphatic carbocycles. The summed E-state index contributed by atoms with van der Waals surface area (Å²) >= 11 is 0. The van der Waals surface area contributed by atoms with Gasteiger partial charge in [-0.1, -0.05) is 60.7 Å². The Bertz CT molecular complexity index is 1160. The molecule has 8 heteroatoms. The number of nitrogens with one attached hydrogen (secondary N) is 1. The molecule has 0 saturated carbocycles. The molecule has 0 radical (unpaired) electrons. The van der Waals surface area contributed by atoms with Crippen LogP contribution in [-0.4, -0.2) is 37.6 Å². The van der Waals surface area contributed by atoms with E-state index < -0.39 is 17.8 Å². The van der Waals surface area contributed by atoms with Gasteiger partial charge in [0.2, 0.25) is 0 Å². The summed E-state index contributed by atoms with van der Waals surface area (Å²) in [5.74, 6) is 0.222. The first kappa shape index (κ1) is 25.7. The van der Waals surface area contributed by atoms with E-state index in [0.717, 1.165) is 23.3 Å². The zero-order chi connectivity index (χ0) is 25.7. The van der Waals surface area contributed by atoms with Gasteiger partial charge in [0.1, 0.15) is 5.75 Å². The van der Waals surface area contributed by atoms with Crippen LogP contribution in [0.15, 0.2) is 78.9 Å². The van der Waals surface area contributed by atoms with E-state index >= 15 is 0 Å². The zero-order valence-corrected chi connectivity index (χ0v) is 20.2. The number of nitrogens with zero attached hydrogens (tertiary/aromatic N) is 1. The molecule has 5 nitrogen and oxygen atoms in total. The molecule has 3 atom stereocenters. The van der Waals surface area contributed by atoms with E-state index in [1.165, 1.54) is 20.3 Å². The van der Waals surface area contributed by atoms with Crippen molar-refractivity contribution < 1.29 is 27.4 Å². The quantitative estimate of drug-likeness (QED) is 0.444. The number of methoxy groups -OCH3 is 2. The number of carbonyl (C=O) groups excluding carboxylic acids is 1. The Morgan fingerprint density at radius 3 is 2.31 bits per heavy atom. The first-order chi connectivity index (χ1) is 17.3. The molecule has 4 rings (SSSR count). The van der Waals surface area contributed by atoms with Crippen LogP contribution < -0.4 is 10.1 Å².